The van der Waals surface area contributed by atoms with Crippen LogP contribution in [0.1, 0.15) is 24.8 Å². The van der Waals surface area contributed by atoms with Crippen molar-refractivity contribution in [2.24, 2.45) is 0 Å². The third kappa shape index (κ3) is 1.21. The Labute approximate surface area is 82.1 Å². The number of aromatic nitrogens is 1. The van der Waals surface area contributed by atoms with E-state index in [2.05, 4.69) is 10.3 Å². The smallest absolute Gasteiger partial charge is 0.212 e. The minimum Gasteiger partial charge on any atom is -0.439 e. The van der Waals surface area contributed by atoms with Gasteiger partial charge in [-0.25, -0.2) is 4.98 Å². The van der Waals surface area contributed by atoms with E-state index in [9.17, 15) is 0 Å². The van der Waals surface area contributed by atoms with E-state index in [1.165, 1.54) is 6.42 Å². The molecular weight excluding hydrogens is 176 g/mol. The van der Waals surface area contributed by atoms with Crippen LogP contribution in [0.5, 0.6) is 0 Å². The van der Waals surface area contributed by atoms with E-state index >= 15 is 0 Å². The molecule has 1 atom stereocenters. The number of fused-ring (bicyclic) bond motifs is 1. The van der Waals surface area contributed by atoms with Gasteiger partial charge in [0.05, 0.1) is 6.04 Å². The Kier molecular flexibility index (Phi) is 1.77. The molecule has 2 aromatic rings. The number of nitrogens with one attached hydrogen (secondary N) is 1. The first-order chi connectivity index (χ1) is 6.93. The standard InChI is InChI=1S/C11H12N2O/c1-2-6-10-8(4-1)13-11(14-10)9-5-3-7-12-9/h1-2,4,6,9,12H,3,5,7H2/t9-/m0/s1. The number of hydrogen-bond donors (Lipinski definition) is 1. The Balaban J connectivity index is 2.05. The van der Waals surface area contributed by atoms with Crippen molar-refractivity contribution in [2.45, 2.75) is 18.9 Å². The Morgan fingerprint density at radius 2 is 2.29 bits per heavy atom. The van der Waals surface area contributed by atoms with Crippen molar-refractivity contribution in [1.82, 2.24) is 10.3 Å². The lowest BCUT2D eigenvalue weighted by molar-refractivity contribution is 0.452. The van der Waals surface area contributed by atoms with Crippen molar-refractivity contribution in [2.75, 3.05) is 6.54 Å². The Bertz CT molecular complexity index is 410. The van der Waals surface area contributed by atoms with Gasteiger partial charge < -0.3 is 9.73 Å². The summed E-state index contributed by atoms with van der Waals surface area (Å²) in [4.78, 5) is 4.47. The first-order valence-corrected chi connectivity index (χ1v) is 5.02. The molecule has 3 nitrogen and oxygen atoms in total. The van der Waals surface area contributed by atoms with E-state index in [1.54, 1.807) is 0 Å². The van der Waals surface area contributed by atoms with Crippen molar-refractivity contribution < 1.29 is 4.42 Å². The van der Waals surface area contributed by atoms with Crippen LogP contribution in [0.3, 0.4) is 0 Å². The van der Waals surface area contributed by atoms with Crippen LogP contribution in [0.2, 0.25) is 0 Å². The first kappa shape index (κ1) is 8.00. The van der Waals surface area contributed by atoms with Crippen molar-refractivity contribution in [1.29, 1.82) is 0 Å². The third-order valence-corrected chi connectivity index (χ3v) is 2.67. The van der Waals surface area contributed by atoms with Crippen molar-refractivity contribution in [3.05, 3.63) is 30.2 Å². The van der Waals surface area contributed by atoms with Crippen LogP contribution in [0.15, 0.2) is 28.7 Å². The zero-order chi connectivity index (χ0) is 9.38. The fourth-order valence-corrected chi connectivity index (χ4v) is 1.93. The largest absolute Gasteiger partial charge is 0.439 e. The molecular formula is C11H12N2O. The molecule has 1 N–H and O–H groups in total. The van der Waals surface area contributed by atoms with Crippen LogP contribution in [0, 0.1) is 0 Å². The van der Waals surface area contributed by atoms with Crippen LogP contribution in [0.25, 0.3) is 11.1 Å². The van der Waals surface area contributed by atoms with Crippen LogP contribution in [-0.4, -0.2) is 11.5 Å². The molecule has 3 heteroatoms. The van der Waals surface area contributed by atoms with E-state index in [0.29, 0.717) is 6.04 Å². The zero-order valence-corrected chi connectivity index (χ0v) is 7.86. The van der Waals surface area contributed by atoms with E-state index in [-0.39, 0.29) is 0 Å². The highest BCUT2D eigenvalue weighted by Gasteiger charge is 2.21. The average molecular weight is 188 g/mol. The summed E-state index contributed by atoms with van der Waals surface area (Å²) in [5, 5.41) is 3.38. The van der Waals surface area contributed by atoms with Gasteiger partial charge in [-0.1, -0.05) is 12.1 Å². The lowest BCUT2D eigenvalue weighted by Crippen LogP contribution is -2.12. The summed E-state index contributed by atoms with van der Waals surface area (Å²) in [7, 11) is 0. The van der Waals surface area contributed by atoms with Gasteiger partial charge in [0.15, 0.2) is 5.58 Å². The minimum absolute atomic E-state index is 0.322. The van der Waals surface area contributed by atoms with Gasteiger partial charge in [0.2, 0.25) is 5.89 Å². The van der Waals surface area contributed by atoms with E-state index in [0.717, 1.165) is 30.0 Å². The molecule has 1 aliphatic heterocycles. The van der Waals surface area contributed by atoms with Crippen molar-refractivity contribution in [3.63, 3.8) is 0 Å². The summed E-state index contributed by atoms with van der Waals surface area (Å²) in [6, 6.07) is 8.22. The fourth-order valence-electron chi connectivity index (χ4n) is 1.93. The first-order valence-electron chi connectivity index (χ1n) is 5.02. The molecule has 0 saturated carbocycles. The Morgan fingerprint density at radius 3 is 3.07 bits per heavy atom. The number of oxazole rings is 1. The van der Waals surface area contributed by atoms with Crippen LogP contribution in [0.4, 0.5) is 0 Å². The molecule has 0 amide bonds. The number of para-hydroxylation sites is 2. The summed E-state index contributed by atoms with van der Waals surface area (Å²) in [5.41, 5.74) is 1.84. The molecule has 72 valence electrons. The van der Waals surface area contributed by atoms with Gasteiger partial charge in [-0.2, -0.15) is 0 Å². The maximum atomic E-state index is 5.68. The summed E-state index contributed by atoms with van der Waals surface area (Å²) < 4.78 is 5.68. The number of benzene rings is 1. The molecule has 0 spiro atoms. The second-order valence-electron chi connectivity index (χ2n) is 3.67. The summed E-state index contributed by atoms with van der Waals surface area (Å²) >= 11 is 0. The van der Waals surface area contributed by atoms with E-state index in [4.69, 9.17) is 4.42 Å². The molecule has 0 radical (unpaired) electrons. The Hall–Kier alpha value is -1.35. The van der Waals surface area contributed by atoms with Gasteiger partial charge in [-0.05, 0) is 31.5 Å². The molecule has 2 heterocycles. The predicted molar refractivity (Wildman–Crippen MR) is 54.0 cm³/mol. The fraction of sp³-hybridized carbons (Fsp3) is 0.364. The molecule has 1 aliphatic rings. The minimum atomic E-state index is 0.322. The van der Waals surface area contributed by atoms with Gasteiger partial charge in [-0.15, -0.1) is 0 Å². The highest BCUT2D eigenvalue weighted by molar-refractivity contribution is 5.72. The molecule has 0 bridgehead atoms. The molecule has 0 unspecified atom stereocenters. The van der Waals surface area contributed by atoms with Crippen LogP contribution in [-0.2, 0) is 0 Å². The van der Waals surface area contributed by atoms with Gasteiger partial charge in [-0.3, -0.25) is 0 Å². The van der Waals surface area contributed by atoms with Crippen LogP contribution < -0.4 is 5.32 Å². The highest BCUT2D eigenvalue weighted by atomic mass is 16.3. The maximum absolute atomic E-state index is 5.68. The maximum Gasteiger partial charge on any atom is 0.212 e. The highest BCUT2D eigenvalue weighted by Crippen LogP contribution is 2.25. The van der Waals surface area contributed by atoms with E-state index in [1.807, 2.05) is 24.3 Å². The number of rotatable bonds is 1. The number of hydrogen-bond acceptors (Lipinski definition) is 3. The lowest BCUT2D eigenvalue weighted by Gasteiger charge is -2.02. The average Bonchev–Trinajstić information content (AvgIpc) is 2.86. The monoisotopic (exact) mass is 188 g/mol. The molecule has 14 heavy (non-hydrogen) atoms. The van der Waals surface area contributed by atoms with E-state index < -0.39 is 0 Å². The van der Waals surface area contributed by atoms with Gasteiger partial charge in [0.1, 0.15) is 5.52 Å². The second-order valence-corrected chi connectivity index (χ2v) is 3.67. The van der Waals surface area contributed by atoms with Gasteiger partial charge >= 0.3 is 0 Å². The number of nitrogens with zero attached hydrogens (tertiary/aromatic N) is 1. The second kappa shape index (κ2) is 3.10. The third-order valence-electron chi connectivity index (χ3n) is 2.67. The molecule has 1 aromatic heterocycles. The zero-order valence-electron chi connectivity index (χ0n) is 7.86. The van der Waals surface area contributed by atoms with Crippen molar-refractivity contribution in [3.8, 4) is 0 Å². The quantitative estimate of drug-likeness (QED) is 0.745. The molecule has 1 fully saturated rings. The summed E-state index contributed by atoms with van der Waals surface area (Å²) in [6.07, 6.45) is 2.34. The molecule has 0 aliphatic carbocycles. The SMILES string of the molecule is c1ccc2oc([C@@H]3CCCN3)nc2c1. The normalized spacial score (nSPS) is 21.9. The van der Waals surface area contributed by atoms with Crippen molar-refractivity contribution >= 4 is 11.1 Å². The Morgan fingerprint density at radius 1 is 1.36 bits per heavy atom. The lowest BCUT2D eigenvalue weighted by atomic mass is 10.2. The predicted octanol–water partition coefficient (Wildman–Crippen LogP) is 2.25. The molecule has 1 saturated heterocycles. The topological polar surface area (TPSA) is 38.1 Å². The molecule has 3 rings (SSSR count). The van der Waals surface area contributed by atoms with Gasteiger partial charge in [0, 0.05) is 0 Å². The van der Waals surface area contributed by atoms with Crippen LogP contribution >= 0.6 is 0 Å². The molecule has 1 aromatic carbocycles. The summed E-state index contributed by atoms with van der Waals surface area (Å²) in [5.74, 6) is 0.837. The summed E-state index contributed by atoms with van der Waals surface area (Å²) in [6.45, 7) is 1.07. The van der Waals surface area contributed by atoms with Gasteiger partial charge in [0.25, 0.3) is 0 Å².